The average molecular weight is 374 g/mol. The van der Waals surface area contributed by atoms with E-state index in [1.54, 1.807) is 37.8 Å². The predicted molar refractivity (Wildman–Crippen MR) is 97.5 cm³/mol. The second kappa shape index (κ2) is 7.07. The Balaban J connectivity index is 1.32. The Morgan fingerprint density at radius 3 is 2.50 bits per heavy atom. The first-order valence-electron chi connectivity index (χ1n) is 8.66. The highest BCUT2D eigenvalue weighted by atomic mass is 35.5. The minimum atomic E-state index is -0.0782. The van der Waals surface area contributed by atoms with Crippen LogP contribution in [0.3, 0.4) is 0 Å². The van der Waals surface area contributed by atoms with Gasteiger partial charge in [0.25, 0.3) is 5.91 Å². The minimum absolute atomic E-state index is 0.0782. The van der Waals surface area contributed by atoms with Gasteiger partial charge >= 0.3 is 0 Å². The fourth-order valence-electron chi connectivity index (χ4n) is 3.98. The summed E-state index contributed by atoms with van der Waals surface area (Å²) < 4.78 is 5.02. The maximum Gasteiger partial charge on any atom is 0.253 e. The molecule has 2 aliphatic rings. The van der Waals surface area contributed by atoms with Crippen LogP contribution in [0, 0.1) is 11.8 Å². The van der Waals surface area contributed by atoms with Crippen molar-refractivity contribution in [3.8, 4) is 5.88 Å². The lowest BCUT2D eigenvalue weighted by molar-refractivity contribution is 0.0936. The lowest BCUT2D eigenvalue weighted by atomic mass is 10.0. The highest BCUT2D eigenvalue weighted by molar-refractivity contribution is 6.29. The van der Waals surface area contributed by atoms with Gasteiger partial charge < -0.3 is 15.0 Å². The summed E-state index contributed by atoms with van der Waals surface area (Å²) in [5.74, 6) is 2.42. The molecule has 1 saturated carbocycles. The van der Waals surface area contributed by atoms with Crippen LogP contribution in [-0.2, 0) is 0 Å². The lowest BCUT2D eigenvalue weighted by Gasteiger charge is -2.20. The first-order chi connectivity index (χ1) is 12.6. The highest BCUT2D eigenvalue weighted by Gasteiger charge is 2.41. The van der Waals surface area contributed by atoms with E-state index >= 15 is 0 Å². The molecule has 1 saturated heterocycles. The molecule has 7 nitrogen and oxygen atoms in total. The number of hydrogen-bond acceptors (Lipinski definition) is 6. The summed E-state index contributed by atoms with van der Waals surface area (Å²) >= 11 is 5.81. The number of carbonyl (C=O) groups excluding carboxylic acids is 1. The molecule has 1 N–H and O–H groups in total. The molecule has 1 aliphatic carbocycles. The number of pyridine rings is 1. The summed E-state index contributed by atoms with van der Waals surface area (Å²) in [5, 5.41) is 3.55. The van der Waals surface area contributed by atoms with E-state index in [9.17, 15) is 4.79 Å². The summed E-state index contributed by atoms with van der Waals surface area (Å²) in [6.07, 6.45) is 6.82. The van der Waals surface area contributed by atoms with Crippen molar-refractivity contribution in [2.24, 2.45) is 11.8 Å². The minimum Gasteiger partial charge on any atom is -0.481 e. The van der Waals surface area contributed by atoms with Gasteiger partial charge in [-0.2, -0.15) is 0 Å². The second-order valence-electron chi connectivity index (χ2n) is 6.85. The van der Waals surface area contributed by atoms with Crippen LogP contribution in [0.25, 0.3) is 0 Å². The van der Waals surface area contributed by atoms with Gasteiger partial charge in [-0.3, -0.25) is 4.79 Å². The van der Waals surface area contributed by atoms with Gasteiger partial charge in [0.2, 0.25) is 5.88 Å². The first-order valence-corrected chi connectivity index (χ1v) is 9.03. The maximum atomic E-state index is 12.4. The van der Waals surface area contributed by atoms with Gasteiger partial charge in [0.15, 0.2) is 0 Å². The second-order valence-corrected chi connectivity index (χ2v) is 7.24. The number of aromatic nitrogens is 3. The first kappa shape index (κ1) is 17.0. The van der Waals surface area contributed by atoms with E-state index in [1.807, 2.05) is 0 Å². The third-order valence-electron chi connectivity index (χ3n) is 5.22. The predicted octanol–water partition coefficient (Wildman–Crippen LogP) is 2.18. The highest BCUT2D eigenvalue weighted by Crippen LogP contribution is 2.39. The van der Waals surface area contributed by atoms with Crippen molar-refractivity contribution in [2.75, 3.05) is 25.1 Å². The average Bonchev–Trinajstić information content (AvgIpc) is 3.21. The van der Waals surface area contributed by atoms with Gasteiger partial charge in [0, 0.05) is 31.4 Å². The molecule has 4 rings (SSSR count). The molecule has 0 spiro atoms. The lowest BCUT2D eigenvalue weighted by Crippen LogP contribution is -2.35. The number of nitrogens with one attached hydrogen (secondary N) is 1. The van der Waals surface area contributed by atoms with Crippen molar-refractivity contribution < 1.29 is 9.53 Å². The molecule has 0 aromatic carbocycles. The number of carbonyl (C=O) groups is 1. The van der Waals surface area contributed by atoms with Crippen LogP contribution >= 0.6 is 11.6 Å². The van der Waals surface area contributed by atoms with E-state index in [1.165, 1.54) is 0 Å². The smallest absolute Gasteiger partial charge is 0.253 e. The molecule has 3 atom stereocenters. The molecule has 136 valence electrons. The van der Waals surface area contributed by atoms with E-state index in [-0.39, 0.29) is 11.9 Å². The summed E-state index contributed by atoms with van der Waals surface area (Å²) in [4.78, 5) is 27.2. The fraction of sp³-hybridized carbons (Fsp3) is 0.444. The number of anilines is 1. The Labute approximate surface area is 156 Å². The Bertz CT molecular complexity index is 769. The van der Waals surface area contributed by atoms with Crippen LogP contribution in [0.2, 0.25) is 5.15 Å². The van der Waals surface area contributed by atoms with E-state index in [0.717, 1.165) is 31.7 Å². The summed E-state index contributed by atoms with van der Waals surface area (Å²) in [6.45, 7) is 1.88. The van der Waals surface area contributed by atoms with Crippen molar-refractivity contribution in [2.45, 2.75) is 18.9 Å². The van der Waals surface area contributed by atoms with E-state index in [2.05, 4.69) is 25.2 Å². The molecule has 0 radical (unpaired) electrons. The molecular formula is C18H20ClN5O2. The number of ether oxygens (including phenoxy) is 1. The number of methoxy groups -OCH3 is 1. The summed E-state index contributed by atoms with van der Waals surface area (Å²) in [5.41, 5.74) is 0.556. The summed E-state index contributed by atoms with van der Waals surface area (Å²) in [6, 6.07) is 3.64. The van der Waals surface area contributed by atoms with Gasteiger partial charge in [-0.1, -0.05) is 11.6 Å². The van der Waals surface area contributed by atoms with Crippen molar-refractivity contribution in [1.82, 2.24) is 20.3 Å². The Morgan fingerprint density at radius 2 is 1.92 bits per heavy atom. The molecule has 0 bridgehead atoms. The molecule has 8 heteroatoms. The van der Waals surface area contributed by atoms with Crippen LogP contribution in [0.1, 0.15) is 23.2 Å². The Morgan fingerprint density at radius 1 is 1.15 bits per heavy atom. The topological polar surface area (TPSA) is 80.2 Å². The van der Waals surface area contributed by atoms with Gasteiger partial charge in [0.1, 0.15) is 11.0 Å². The number of halogens is 1. The monoisotopic (exact) mass is 373 g/mol. The van der Waals surface area contributed by atoms with Crippen LogP contribution in [-0.4, -0.2) is 47.1 Å². The number of amides is 1. The zero-order valence-corrected chi connectivity index (χ0v) is 15.2. The SMILES string of the molecule is COc1ccc(C(=O)NC2C[C@@H]3CN(c4cnc(Cl)cn4)C[C@@H]3C2)cn1. The zero-order valence-electron chi connectivity index (χ0n) is 14.4. The molecule has 1 amide bonds. The van der Waals surface area contributed by atoms with Crippen LogP contribution in [0.5, 0.6) is 5.88 Å². The molecule has 1 unspecified atom stereocenters. The van der Waals surface area contributed by atoms with Gasteiger partial charge in [-0.25, -0.2) is 15.0 Å². The fourth-order valence-corrected chi connectivity index (χ4v) is 4.08. The van der Waals surface area contributed by atoms with E-state index in [0.29, 0.717) is 28.4 Å². The van der Waals surface area contributed by atoms with Gasteiger partial charge in [-0.15, -0.1) is 0 Å². The number of hydrogen-bond donors (Lipinski definition) is 1. The molecule has 1 aliphatic heterocycles. The third kappa shape index (κ3) is 3.44. The van der Waals surface area contributed by atoms with E-state index < -0.39 is 0 Å². The quantitative estimate of drug-likeness (QED) is 0.884. The van der Waals surface area contributed by atoms with Crippen LogP contribution < -0.4 is 15.0 Å². The molecule has 2 aromatic rings. The number of fused-ring (bicyclic) bond motifs is 1. The molecule has 2 aromatic heterocycles. The standard InChI is InChI=1S/C18H20ClN5O2/c1-26-17-3-2-11(6-22-17)18(25)23-14-4-12-9-24(10-13(12)5-14)16-8-20-15(19)7-21-16/h2-3,6-8,12-14H,4-5,9-10H2,1H3,(H,23,25)/t12-,13+,14?. The molecular weight excluding hydrogens is 354 g/mol. The van der Waals surface area contributed by atoms with E-state index in [4.69, 9.17) is 16.3 Å². The molecule has 2 fully saturated rings. The Hall–Kier alpha value is -2.41. The van der Waals surface area contributed by atoms with Crippen molar-refractivity contribution in [1.29, 1.82) is 0 Å². The van der Waals surface area contributed by atoms with Crippen molar-refractivity contribution >= 4 is 23.3 Å². The molecule has 3 heterocycles. The largest absolute Gasteiger partial charge is 0.481 e. The van der Waals surface area contributed by atoms with Crippen LogP contribution in [0.4, 0.5) is 5.82 Å². The van der Waals surface area contributed by atoms with Crippen molar-refractivity contribution in [3.63, 3.8) is 0 Å². The zero-order chi connectivity index (χ0) is 18.1. The van der Waals surface area contributed by atoms with Gasteiger partial charge in [0.05, 0.1) is 25.1 Å². The number of rotatable bonds is 4. The normalized spacial score (nSPS) is 24.4. The maximum absolute atomic E-state index is 12.4. The number of nitrogens with zero attached hydrogens (tertiary/aromatic N) is 4. The third-order valence-corrected chi connectivity index (χ3v) is 5.42. The van der Waals surface area contributed by atoms with Crippen molar-refractivity contribution in [3.05, 3.63) is 41.4 Å². The molecule has 26 heavy (non-hydrogen) atoms. The Kier molecular flexibility index (Phi) is 4.63. The van der Waals surface area contributed by atoms with Crippen LogP contribution in [0.15, 0.2) is 30.7 Å². The van der Waals surface area contributed by atoms with Gasteiger partial charge in [-0.05, 0) is 30.7 Å². The summed E-state index contributed by atoms with van der Waals surface area (Å²) in [7, 11) is 1.55.